The van der Waals surface area contributed by atoms with Gasteiger partial charge in [0.1, 0.15) is 0 Å². The molecule has 3 saturated carbocycles. The first-order chi connectivity index (χ1) is 22.5. The van der Waals surface area contributed by atoms with Crippen LogP contribution in [0.15, 0.2) is 48.5 Å². The van der Waals surface area contributed by atoms with Gasteiger partial charge in [-0.25, -0.2) is 19.2 Å². The van der Waals surface area contributed by atoms with Crippen LogP contribution < -0.4 is 15.0 Å². The van der Waals surface area contributed by atoms with Crippen LogP contribution in [0, 0.1) is 18.2 Å². The lowest BCUT2D eigenvalue weighted by molar-refractivity contribution is -0.151. The van der Waals surface area contributed by atoms with Gasteiger partial charge in [-0.15, -0.1) is 21.5 Å². The van der Waals surface area contributed by atoms with E-state index < -0.39 is 5.97 Å². The molecule has 0 amide bonds. The number of para-hydroxylation sites is 1. The number of anilines is 4. The van der Waals surface area contributed by atoms with Crippen molar-refractivity contribution in [3.8, 4) is 5.75 Å². The average Bonchev–Trinajstić information content (AvgIpc) is 3.62. The number of aromatic carboxylic acids is 1. The normalized spacial score (nSPS) is 19.8. The zero-order valence-electron chi connectivity index (χ0n) is 26.7. The standard InChI is InChI=1S/C34H36FN7O3S2/c1-20-14-27(39-40-29(20)38-31-36-23-8-5-6-9-25(23)46-31)42(4)32-37-28(30(43)44)26(47-32)10-7-13-45-24-12-11-21(15-22(24)35)34-16-33(17-34,18-34)19-41(2)3/h5-6,8-9,11-12,14-15H,7,10,13,16-19H2,1-4H3,(H,43,44)(H,36,38,40). The van der Waals surface area contributed by atoms with E-state index in [1.807, 2.05) is 43.3 Å². The molecule has 5 aromatic rings. The number of carbonyl (C=O) groups is 1. The molecule has 3 aliphatic rings. The smallest absolute Gasteiger partial charge is 0.355 e. The molecule has 8 rings (SSSR count). The summed E-state index contributed by atoms with van der Waals surface area (Å²) < 4.78 is 21.9. The van der Waals surface area contributed by atoms with Gasteiger partial charge in [0.05, 0.1) is 16.8 Å². The minimum absolute atomic E-state index is 0.00298. The van der Waals surface area contributed by atoms with Gasteiger partial charge in [-0.3, -0.25) is 0 Å². The van der Waals surface area contributed by atoms with Crippen molar-refractivity contribution in [1.82, 2.24) is 25.1 Å². The van der Waals surface area contributed by atoms with Crippen molar-refractivity contribution in [2.75, 3.05) is 44.5 Å². The molecule has 3 aliphatic carbocycles. The number of fused-ring (bicyclic) bond motifs is 1. The van der Waals surface area contributed by atoms with Crippen LogP contribution >= 0.6 is 22.7 Å². The lowest BCUT2D eigenvalue weighted by Crippen LogP contribution is -2.67. The van der Waals surface area contributed by atoms with E-state index in [0.717, 1.165) is 52.3 Å². The van der Waals surface area contributed by atoms with Gasteiger partial charge in [0.2, 0.25) is 0 Å². The van der Waals surface area contributed by atoms with Crippen molar-refractivity contribution in [2.24, 2.45) is 5.41 Å². The molecule has 2 N–H and O–H groups in total. The quantitative estimate of drug-likeness (QED) is 0.124. The Morgan fingerprint density at radius 3 is 2.55 bits per heavy atom. The minimum atomic E-state index is -1.10. The summed E-state index contributed by atoms with van der Waals surface area (Å²) in [4.78, 5) is 25.6. The number of benzene rings is 2. The number of nitrogens with zero attached hydrogens (tertiary/aromatic N) is 6. The van der Waals surface area contributed by atoms with Crippen molar-refractivity contribution in [3.05, 3.63) is 76.0 Å². The molecule has 13 heteroatoms. The lowest BCUT2D eigenvalue weighted by atomic mass is 9.33. The van der Waals surface area contributed by atoms with Crippen molar-refractivity contribution < 1.29 is 19.0 Å². The molecular weight excluding hydrogens is 638 g/mol. The molecule has 3 aromatic heterocycles. The summed E-state index contributed by atoms with van der Waals surface area (Å²) in [6.45, 7) is 3.26. The van der Waals surface area contributed by atoms with Gasteiger partial charge in [0.25, 0.3) is 0 Å². The monoisotopic (exact) mass is 673 g/mol. The summed E-state index contributed by atoms with van der Waals surface area (Å²) in [5.74, 6) is -0.104. The average molecular weight is 674 g/mol. The van der Waals surface area contributed by atoms with Crippen LogP contribution in [0.1, 0.15) is 52.2 Å². The van der Waals surface area contributed by atoms with Gasteiger partial charge in [0, 0.05) is 18.5 Å². The number of ether oxygens (including phenoxy) is 1. The summed E-state index contributed by atoms with van der Waals surface area (Å²) in [6.07, 6.45) is 4.30. The van der Waals surface area contributed by atoms with E-state index in [0.29, 0.717) is 39.9 Å². The van der Waals surface area contributed by atoms with E-state index in [2.05, 4.69) is 44.5 Å². The van der Waals surface area contributed by atoms with Gasteiger partial charge in [0.15, 0.2) is 39.2 Å². The number of aryl methyl sites for hydroxylation is 2. The molecule has 10 nitrogen and oxygen atoms in total. The molecule has 2 aromatic carbocycles. The Morgan fingerprint density at radius 2 is 1.85 bits per heavy atom. The van der Waals surface area contributed by atoms with Gasteiger partial charge >= 0.3 is 5.97 Å². The molecule has 0 unspecified atom stereocenters. The first-order valence-corrected chi connectivity index (χ1v) is 17.2. The van der Waals surface area contributed by atoms with Crippen LogP contribution in [0.4, 0.5) is 26.3 Å². The van der Waals surface area contributed by atoms with E-state index in [-0.39, 0.29) is 29.3 Å². The minimum Gasteiger partial charge on any atom is -0.491 e. The molecule has 0 spiro atoms. The molecule has 0 atom stereocenters. The zero-order valence-corrected chi connectivity index (χ0v) is 28.3. The summed E-state index contributed by atoms with van der Waals surface area (Å²) in [5.41, 5.74) is 3.36. The summed E-state index contributed by atoms with van der Waals surface area (Å²) in [7, 11) is 5.99. The van der Waals surface area contributed by atoms with E-state index in [1.165, 1.54) is 22.7 Å². The number of aromatic nitrogens is 4. The van der Waals surface area contributed by atoms with Crippen LogP contribution in [0.3, 0.4) is 0 Å². The summed E-state index contributed by atoms with van der Waals surface area (Å²) in [5, 5.41) is 23.1. The lowest BCUT2D eigenvalue weighted by Gasteiger charge is -2.72. The van der Waals surface area contributed by atoms with Crippen LogP contribution in [-0.2, 0) is 11.8 Å². The largest absolute Gasteiger partial charge is 0.491 e. The fourth-order valence-corrected chi connectivity index (χ4v) is 9.14. The Bertz CT molecular complexity index is 1920. The molecule has 244 valence electrons. The highest BCUT2D eigenvalue weighted by Gasteiger charge is 2.67. The molecule has 2 bridgehead atoms. The van der Waals surface area contributed by atoms with Gasteiger partial charge in [-0.2, -0.15) is 0 Å². The molecule has 3 heterocycles. The summed E-state index contributed by atoms with van der Waals surface area (Å²) >= 11 is 2.82. The zero-order chi connectivity index (χ0) is 32.9. The fourth-order valence-electron chi connectivity index (χ4n) is 7.21. The van der Waals surface area contributed by atoms with Crippen LogP contribution in [0.5, 0.6) is 5.75 Å². The Hall–Kier alpha value is -4.20. The van der Waals surface area contributed by atoms with Crippen molar-refractivity contribution in [1.29, 1.82) is 0 Å². The van der Waals surface area contributed by atoms with Gasteiger partial charge in [-0.1, -0.05) is 29.5 Å². The highest BCUT2D eigenvalue weighted by Crippen LogP contribution is 2.73. The second-order valence-corrected chi connectivity index (χ2v) is 15.2. The van der Waals surface area contributed by atoms with E-state index >= 15 is 4.39 Å². The molecule has 0 aliphatic heterocycles. The summed E-state index contributed by atoms with van der Waals surface area (Å²) in [6, 6.07) is 15.1. The van der Waals surface area contributed by atoms with Crippen LogP contribution in [0.2, 0.25) is 0 Å². The van der Waals surface area contributed by atoms with Crippen molar-refractivity contribution >= 4 is 60.8 Å². The van der Waals surface area contributed by atoms with E-state index in [9.17, 15) is 9.90 Å². The molecule has 0 saturated heterocycles. The topological polar surface area (TPSA) is 117 Å². The second kappa shape index (κ2) is 12.1. The first-order valence-electron chi connectivity index (χ1n) is 15.5. The first kappa shape index (κ1) is 31.4. The number of carboxylic acid groups (broad SMARTS) is 1. The van der Waals surface area contributed by atoms with Crippen LogP contribution in [0.25, 0.3) is 10.2 Å². The number of hydrogen-bond acceptors (Lipinski definition) is 11. The fraction of sp³-hybridized carbons (Fsp3) is 0.382. The Balaban J connectivity index is 0.958. The maximum Gasteiger partial charge on any atom is 0.355 e. The third-order valence-corrected chi connectivity index (χ3v) is 11.3. The maximum atomic E-state index is 15.0. The Morgan fingerprint density at radius 1 is 1.06 bits per heavy atom. The van der Waals surface area contributed by atoms with E-state index in [4.69, 9.17) is 4.74 Å². The molecule has 47 heavy (non-hydrogen) atoms. The number of hydrogen-bond donors (Lipinski definition) is 2. The third kappa shape index (κ3) is 6.03. The third-order valence-electron chi connectivity index (χ3n) is 9.15. The van der Waals surface area contributed by atoms with Gasteiger partial charge in [-0.05, 0) is 105 Å². The van der Waals surface area contributed by atoms with Crippen molar-refractivity contribution in [3.63, 3.8) is 0 Å². The predicted molar refractivity (Wildman–Crippen MR) is 184 cm³/mol. The maximum absolute atomic E-state index is 15.0. The highest BCUT2D eigenvalue weighted by atomic mass is 32.1. The van der Waals surface area contributed by atoms with Gasteiger partial charge < -0.3 is 25.0 Å². The molecule has 3 fully saturated rings. The number of nitrogens with one attached hydrogen (secondary N) is 1. The molecular formula is C34H36FN7O3S2. The van der Waals surface area contributed by atoms with Crippen molar-refractivity contribution in [2.45, 2.75) is 44.4 Å². The number of carboxylic acids is 1. The highest BCUT2D eigenvalue weighted by molar-refractivity contribution is 7.22. The molecule has 0 radical (unpaired) electrons. The Kier molecular flexibility index (Phi) is 8.09. The predicted octanol–water partition coefficient (Wildman–Crippen LogP) is 7.19. The number of thiazole rings is 2. The SMILES string of the molecule is Cc1cc(N(C)c2nc(C(=O)O)c(CCCOc3ccc(C45CC(CN(C)C)(C4)C5)cc3F)s2)nnc1Nc1nc2ccccc2s1. The van der Waals surface area contributed by atoms with Crippen LogP contribution in [-0.4, -0.2) is 70.4 Å². The van der Waals surface area contributed by atoms with E-state index in [1.54, 1.807) is 24.1 Å². The second-order valence-electron chi connectivity index (χ2n) is 13.1. The Labute approximate surface area is 280 Å². The number of halogens is 1. The number of rotatable bonds is 13.